The van der Waals surface area contributed by atoms with Crippen LogP contribution in [0.5, 0.6) is 5.75 Å². The number of oxazole rings is 1. The number of fused-ring (bicyclic) bond motifs is 1. The summed E-state index contributed by atoms with van der Waals surface area (Å²) in [6.07, 6.45) is 3.63. The van der Waals surface area contributed by atoms with Gasteiger partial charge in [-0.3, -0.25) is 4.79 Å². The van der Waals surface area contributed by atoms with Gasteiger partial charge in [0.2, 0.25) is 5.91 Å². The molecule has 38 heavy (non-hydrogen) atoms. The maximum absolute atomic E-state index is 12.5. The van der Waals surface area contributed by atoms with Crippen molar-refractivity contribution in [3.63, 3.8) is 0 Å². The van der Waals surface area contributed by atoms with Crippen molar-refractivity contribution in [2.24, 2.45) is 0 Å². The second kappa shape index (κ2) is 10.7. The molecule has 0 bridgehead atoms. The lowest BCUT2D eigenvalue weighted by Gasteiger charge is -2.26. The second-order valence-electron chi connectivity index (χ2n) is 9.66. The number of hydrogen-bond donors (Lipinski definition) is 2. The van der Waals surface area contributed by atoms with E-state index in [2.05, 4.69) is 47.0 Å². The van der Waals surface area contributed by atoms with E-state index >= 15 is 0 Å². The molecule has 2 N–H and O–H groups in total. The fourth-order valence-corrected chi connectivity index (χ4v) is 4.72. The predicted molar refractivity (Wildman–Crippen MR) is 144 cm³/mol. The van der Waals surface area contributed by atoms with Crippen molar-refractivity contribution < 1.29 is 18.7 Å². The number of nitrogens with one attached hydrogen (secondary N) is 2. The molecule has 0 aliphatic carbocycles. The van der Waals surface area contributed by atoms with Crippen LogP contribution in [-0.2, 0) is 28.9 Å². The fraction of sp³-hybridized carbons (Fsp3) is 0.267. The molecule has 2 aliphatic heterocycles. The quantitative estimate of drug-likeness (QED) is 0.329. The van der Waals surface area contributed by atoms with E-state index in [1.807, 2.05) is 30.3 Å². The molecule has 6 rings (SSSR count). The second-order valence-corrected chi connectivity index (χ2v) is 9.66. The molecule has 0 unspecified atom stereocenters. The van der Waals surface area contributed by atoms with Crippen molar-refractivity contribution in [1.82, 2.24) is 9.88 Å². The summed E-state index contributed by atoms with van der Waals surface area (Å²) in [7, 11) is 0. The van der Waals surface area contributed by atoms with E-state index in [4.69, 9.17) is 13.9 Å². The first-order valence-corrected chi connectivity index (χ1v) is 12.9. The third-order valence-corrected chi connectivity index (χ3v) is 6.84. The number of amides is 1. The molecule has 2 aliphatic rings. The zero-order valence-corrected chi connectivity index (χ0v) is 20.9. The first kappa shape index (κ1) is 24.2. The van der Waals surface area contributed by atoms with E-state index in [0.29, 0.717) is 57.0 Å². The molecule has 8 heteroatoms. The van der Waals surface area contributed by atoms with Gasteiger partial charge in [0.15, 0.2) is 0 Å². The van der Waals surface area contributed by atoms with Gasteiger partial charge in [0, 0.05) is 31.6 Å². The Morgan fingerprint density at radius 2 is 1.82 bits per heavy atom. The lowest BCUT2D eigenvalue weighted by atomic mass is 10.0. The largest absolute Gasteiger partial charge is 0.486 e. The number of carbonyl (C=O) groups excluding carboxylic acids is 1. The Labute approximate surface area is 220 Å². The third kappa shape index (κ3) is 5.41. The number of benzene rings is 3. The molecule has 1 saturated heterocycles. The van der Waals surface area contributed by atoms with Gasteiger partial charge in [-0.25, -0.2) is 9.36 Å². The van der Waals surface area contributed by atoms with Crippen LogP contribution < -0.4 is 21.1 Å². The van der Waals surface area contributed by atoms with Crippen LogP contribution in [0.15, 0.2) is 82.1 Å². The highest BCUT2D eigenvalue weighted by Crippen LogP contribution is 2.27. The topological polar surface area (TPSA) is 94.7 Å². The average molecular weight is 512 g/mol. The van der Waals surface area contributed by atoms with Gasteiger partial charge in [-0.05, 0) is 59.0 Å². The lowest BCUT2D eigenvalue weighted by molar-refractivity contribution is -0.116. The minimum absolute atomic E-state index is 0.00601. The van der Waals surface area contributed by atoms with Crippen molar-refractivity contribution in [3.05, 3.63) is 100 Å². The monoisotopic (exact) mass is 511 g/mol. The van der Waals surface area contributed by atoms with Crippen LogP contribution in [0.4, 0.5) is 5.69 Å². The average Bonchev–Trinajstić information content (AvgIpc) is 3.29. The van der Waals surface area contributed by atoms with Crippen LogP contribution in [0.25, 0.3) is 16.8 Å². The Hall–Kier alpha value is -4.14. The minimum atomic E-state index is -0.439. The number of anilines is 1. The maximum Gasteiger partial charge on any atom is 0.423 e. The van der Waals surface area contributed by atoms with Gasteiger partial charge in [-0.15, -0.1) is 0 Å². The molecule has 3 aromatic carbocycles. The fourth-order valence-electron chi connectivity index (χ4n) is 4.72. The van der Waals surface area contributed by atoms with Crippen LogP contribution in [0, 0.1) is 0 Å². The van der Waals surface area contributed by atoms with Crippen molar-refractivity contribution in [2.75, 3.05) is 25.1 Å². The summed E-state index contributed by atoms with van der Waals surface area (Å²) in [4.78, 5) is 24.2. The van der Waals surface area contributed by atoms with E-state index < -0.39 is 5.76 Å². The van der Waals surface area contributed by atoms with Gasteiger partial charge in [0.1, 0.15) is 17.6 Å². The highest BCUT2D eigenvalue weighted by atomic mass is 16.6. The molecule has 194 valence electrons. The van der Waals surface area contributed by atoms with Crippen LogP contribution in [0.1, 0.15) is 23.3 Å². The zero-order chi connectivity index (χ0) is 25.9. The highest BCUT2D eigenvalue weighted by molar-refractivity contribution is 5.94. The van der Waals surface area contributed by atoms with E-state index in [1.165, 1.54) is 4.57 Å². The Bertz CT molecular complexity index is 1520. The Morgan fingerprint density at radius 1 is 0.974 bits per heavy atom. The summed E-state index contributed by atoms with van der Waals surface area (Å²) in [5.41, 5.74) is 5.90. The molecule has 8 nitrogen and oxygen atoms in total. The first-order valence-electron chi connectivity index (χ1n) is 12.9. The SMILES string of the molecule is O=C1CCc2ccc(-n3cc(CCNCc4cccc(-c5cccc(OC6COC6)c5)c4)oc3=O)cc2N1. The number of rotatable bonds is 9. The van der Waals surface area contributed by atoms with Gasteiger partial charge >= 0.3 is 5.76 Å². The molecule has 3 heterocycles. The van der Waals surface area contributed by atoms with Gasteiger partial charge in [0.25, 0.3) is 0 Å². The Balaban J connectivity index is 1.05. The van der Waals surface area contributed by atoms with Crippen LogP contribution in [0.3, 0.4) is 0 Å². The Kier molecular flexibility index (Phi) is 6.81. The van der Waals surface area contributed by atoms with E-state index in [1.54, 1.807) is 6.20 Å². The molecule has 0 atom stereocenters. The molecular formula is C30H29N3O5. The number of nitrogens with zero attached hydrogens (tertiary/aromatic N) is 1. The summed E-state index contributed by atoms with van der Waals surface area (Å²) >= 11 is 0. The van der Waals surface area contributed by atoms with Crippen molar-refractivity contribution in [1.29, 1.82) is 0 Å². The molecule has 0 radical (unpaired) electrons. The summed E-state index contributed by atoms with van der Waals surface area (Å²) in [6.45, 7) is 2.64. The highest BCUT2D eigenvalue weighted by Gasteiger charge is 2.20. The number of carbonyl (C=O) groups is 1. The molecule has 4 aromatic rings. The number of hydrogen-bond acceptors (Lipinski definition) is 6. The molecule has 1 aromatic heterocycles. The molecule has 1 fully saturated rings. The third-order valence-electron chi connectivity index (χ3n) is 6.84. The molecular weight excluding hydrogens is 482 g/mol. The predicted octanol–water partition coefficient (Wildman–Crippen LogP) is 4.09. The zero-order valence-electron chi connectivity index (χ0n) is 20.9. The Morgan fingerprint density at radius 3 is 2.66 bits per heavy atom. The molecule has 1 amide bonds. The van der Waals surface area contributed by atoms with Crippen LogP contribution in [0.2, 0.25) is 0 Å². The van der Waals surface area contributed by atoms with Crippen LogP contribution in [-0.4, -0.2) is 36.3 Å². The van der Waals surface area contributed by atoms with Crippen molar-refractivity contribution in [2.45, 2.75) is 31.9 Å². The number of aryl methyl sites for hydroxylation is 1. The van der Waals surface area contributed by atoms with Gasteiger partial charge in [-0.2, -0.15) is 0 Å². The minimum Gasteiger partial charge on any atom is -0.486 e. The summed E-state index contributed by atoms with van der Waals surface area (Å²) in [5, 5.41) is 6.32. The van der Waals surface area contributed by atoms with Crippen molar-refractivity contribution >= 4 is 11.6 Å². The van der Waals surface area contributed by atoms with Gasteiger partial charge < -0.3 is 24.5 Å². The summed E-state index contributed by atoms with van der Waals surface area (Å²) in [6, 6.07) is 22.2. The standard InChI is InChI=1S/C30H29N3O5/c34-29-10-8-21-7-9-24(15-28(21)32-29)33-17-26(38-30(33)35)11-12-31-16-20-3-1-4-22(13-20)23-5-2-6-25(14-23)37-27-18-36-19-27/h1-7,9,13-15,17,27,31H,8,10-12,16,18-19H2,(H,32,34). The molecule has 0 saturated carbocycles. The van der Waals surface area contributed by atoms with E-state index in [9.17, 15) is 9.59 Å². The normalized spacial score (nSPS) is 15.0. The number of aromatic nitrogens is 1. The first-order chi connectivity index (χ1) is 18.6. The molecule has 0 spiro atoms. The van der Waals surface area contributed by atoms with Gasteiger partial charge in [0.05, 0.1) is 25.1 Å². The lowest BCUT2D eigenvalue weighted by Crippen LogP contribution is -2.38. The van der Waals surface area contributed by atoms with E-state index in [-0.39, 0.29) is 12.0 Å². The van der Waals surface area contributed by atoms with E-state index in [0.717, 1.165) is 33.7 Å². The van der Waals surface area contributed by atoms with Crippen LogP contribution >= 0.6 is 0 Å². The summed E-state index contributed by atoms with van der Waals surface area (Å²) < 4.78 is 18.1. The summed E-state index contributed by atoms with van der Waals surface area (Å²) in [5.74, 6) is 1.01. The smallest absolute Gasteiger partial charge is 0.423 e. The number of ether oxygens (including phenoxy) is 2. The van der Waals surface area contributed by atoms with Crippen molar-refractivity contribution in [3.8, 4) is 22.6 Å². The maximum atomic E-state index is 12.5. The van der Waals surface area contributed by atoms with Gasteiger partial charge in [-0.1, -0.05) is 36.4 Å².